The third-order valence-corrected chi connectivity index (χ3v) is 6.64. The van der Waals surface area contributed by atoms with Crippen LogP contribution in [0.15, 0.2) is 30.3 Å². The third kappa shape index (κ3) is 6.85. The van der Waals surface area contributed by atoms with Gasteiger partial charge in [-0.1, -0.05) is 23.2 Å². The Morgan fingerprint density at radius 3 is 2.05 bits per heavy atom. The standard InChI is InChI=1S/C25H24Cl2F6N2O3/c1-13(2)38-23(37)34-6-4-5-21(18-10-19(26)20(27)11-22(18)34)35(14(3)36)12-15-7-16(24(28,29)30)9-17(8-15)25(31,32)33/h7-11,13,21H,4-6,12H2,1-3H3. The summed E-state index contributed by atoms with van der Waals surface area (Å²) in [6, 6.07) is 3.23. The van der Waals surface area contributed by atoms with Crippen LogP contribution in [0.3, 0.4) is 0 Å². The van der Waals surface area contributed by atoms with E-state index in [2.05, 4.69) is 0 Å². The number of nitrogens with zero attached hydrogens (tertiary/aromatic N) is 2. The molecule has 1 aliphatic heterocycles. The molecule has 0 aromatic heterocycles. The summed E-state index contributed by atoms with van der Waals surface area (Å²) in [5.74, 6) is -0.601. The maximum atomic E-state index is 13.4. The van der Waals surface area contributed by atoms with E-state index in [-0.39, 0.29) is 40.3 Å². The van der Waals surface area contributed by atoms with Crippen LogP contribution in [0.1, 0.15) is 61.9 Å². The fourth-order valence-electron chi connectivity index (χ4n) is 4.30. The van der Waals surface area contributed by atoms with Gasteiger partial charge in [-0.05, 0) is 62.6 Å². The number of hydrogen-bond acceptors (Lipinski definition) is 3. The van der Waals surface area contributed by atoms with Crippen LogP contribution in [-0.4, -0.2) is 29.5 Å². The second-order valence-corrected chi connectivity index (χ2v) is 9.94. The highest BCUT2D eigenvalue weighted by Gasteiger charge is 2.38. The summed E-state index contributed by atoms with van der Waals surface area (Å²) in [6.45, 7) is 4.10. The Labute approximate surface area is 225 Å². The summed E-state index contributed by atoms with van der Waals surface area (Å²) in [7, 11) is 0. The lowest BCUT2D eigenvalue weighted by Gasteiger charge is -2.33. The number of alkyl halides is 6. The van der Waals surface area contributed by atoms with Crippen molar-refractivity contribution in [3.63, 3.8) is 0 Å². The smallest absolute Gasteiger partial charge is 0.416 e. The van der Waals surface area contributed by atoms with E-state index in [1.807, 2.05) is 0 Å². The molecule has 0 fully saturated rings. The molecule has 38 heavy (non-hydrogen) atoms. The van der Waals surface area contributed by atoms with Crippen molar-refractivity contribution in [2.24, 2.45) is 0 Å². The first kappa shape index (κ1) is 29.9. The van der Waals surface area contributed by atoms with Crippen molar-refractivity contribution in [3.05, 3.63) is 62.6 Å². The summed E-state index contributed by atoms with van der Waals surface area (Å²) >= 11 is 12.5. The second kappa shape index (κ2) is 11.2. The molecular weight excluding hydrogens is 561 g/mol. The zero-order valence-corrected chi connectivity index (χ0v) is 22.0. The van der Waals surface area contributed by atoms with Gasteiger partial charge in [-0.3, -0.25) is 9.69 Å². The van der Waals surface area contributed by atoms with Gasteiger partial charge in [-0.2, -0.15) is 26.3 Å². The molecule has 1 atom stereocenters. The summed E-state index contributed by atoms with van der Waals surface area (Å²) in [4.78, 5) is 28.1. The number of halogens is 8. The Kier molecular flexibility index (Phi) is 8.82. The van der Waals surface area contributed by atoms with Crippen LogP contribution in [-0.2, 0) is 28.4 Å². The van der Waals surface area contributed by atoms with Gasteiger partial charge in [0, 0.05) is 25.6 Å². The minimum Gasteiger partial charge on any atom is -0.446 e. The predicted molar refractivity (Wildman–Crippen MR) is 130 cm³/mol. The van der Waals surface area contributed by atoms with Crippen molar-refractivity contribution >= 4 is 40.9 Å². The Balaban J connectivity index is 2.12. The summed E-state index contributed by atoms with van der Waals surface area (Å²) in [5, 5.41) is 0.201. The molecule has 2 amide bonds. The van der Waals surface area contributed by atoms with Crippen LogP contribution in [0.5, 0.6) is 0 Å². The van der Waals surface area contributed by atoms with Crippen LogP contribution in [0, 0.1) is 0 Å². The maximum Gasteiger partial charge on any atom is 0.416 e. The SMILES string of the molecule is CC(=O)N(Cc1cc(C(F)(F)F)cc(C(F)(F)F)c1)C1CCCN(C(=O)OC(C)C)c2cc(Cl)c(Cl)cc21. The first-order valence-electron chi connectivity index (χ1n) is 11.5. The van der Waals surface area contributed by atoms with Crippen LogP contribution >= 0.6 is 23.2 Å². The van der Waals surface area contributed by atoms with Gasteiger partial charge >= 0.3 is 18.4 Å². The van der Waals surface area contributed by atoms with Gasteiger partial charge < -0.3 is 9.64 Å². The topological polar surface area (TPSA) is 49.9 Å². The van der Waals surface area contributed by atoms with Crippen molar-refractivity contribution in [2.45, 2.75) is 64.7 Å². The van der Waals surface area contributed by atoms with Crippen molar-refractivity contribution in [1.29, 1.82) is 0 Å². The van der Waals surface area contributed by atoms with E-state index in [1.165, 1.54) is 17.0 Å². The summed E-state index contributed by atoms with van der Waals surface area (Å²) < 4.78 is 85.7. The number of rotatable bonds is 4. The Hall–Kier alpha value is -2.66. The molecule has 2 aromatic carbocycles. The van der Waals surface area contributed by atoms with Crippen molar-refractivity contribution in [2.75, 3.05) is 11.4 Å². The Morgan fingerprint density at radius 1 is 1.00 bits per heavy atom. The van der Waals surface area contributed by atoms with Crippen molar-refractivity contribution in [3.8, 4) is 0 Å². The molecule has 2 aromatic rings. The molecule has 1 unspecified atom stereocenters. The summed E-state index contributed by atoms with van der Waals surface area (Å²) in [6.07, 6.45) is -10.6. The van der Waals surface area contributed by atoms with Crippen LogP contribution in [0.2, 0.25) is 10.0 Å². The molecule has 208 valence electrons. The average Bonchev–Trinajstić information content (AvgIpc) is 2.95. The lowest BCUT2D eigenvalue weighted by molar-refractivity contribution is -0.143. The Morgan fingerprint density at radius 2 is 1.55 bits per heavy atom. The number of fused-ring (bicyclic) bond motifs is 1. The molecule has 0 saturated heterocycles. The number of hydrogen-bond donors (Lipinski definition) is 0. The molecule has 1 aliphatic rings. The first-order valence-corrected chi connectivity index (χ1v) is 12.3. The van der Waals surface area contributed by atoms with E-state index in [4.69, 9.17) is 27.9 Å². The van der Waals surface area contributed by atoms with Crippen molar-refractivity contribution < 1.29 is 40.7 Å². The molecule has 0 aliphatic carbocycles. The fraction of sp³-hybridized carbons (Fsp3) is 0.440. The molecule has 0 saturated carbocycles. The molecule has 5 nitrogen and oxygen atoms in total. The zero-order chi connectivity index (χ0) is 28.6. The van der Waals surface area contributed by atoms with Gasteiger partial charge in [0.1, 0.15) is 0 Å². The number of ether oxygens (including phenoxy) is 1. The monoisotopic (exact) mass is 584 g/mol. The molecule has 3 rings (SSSR count). The van der Waals surface area contributed by atoms with E-state index < -0.39 is 54.2 Å². The van der Waals surface area contributed by atoms with E-state index in [1.54, 1.807) is 13.8 Å². The van der Waals surface area contributed by atoms with Gasteiger partial charge in [0.15, 0.2) is 0 Å². The predicted octanol–water partition coefficient (Wildman–Crippen LogP) is 8.27. The lowest BCUT2D eigenvalue weighted by Crippen LogP contribution is -2.34. The molecule has 0 N–H and O–H groups in total. The number of carbonyl (C=O) groups is 2. The largest absolute Gasteiger partial charge is 0.446 e. The summed E-state index contributed by atoms with van der Waals surface area (Å²) in [5.41, 5.74) is -2.69. The molecule has 13 heteroatoms. The van der Waals surface area contributed by atoms with Gasteiger partial charge in [0.25, 0.3) is 0 Å². The highest BCUT2D eigenvalue weighted by Crippen LogP contribution is 2.43. The van der Waals surface area contributed by atoms with E-state index >= 15 is 0 Å². The van der Waals surface area contributed by atoms with Crippen LogP contribution < -0.4 is 4.90 Å². The average molecular weight is 585 g/mol. The molecule has 0 spiro atoms. The maximum absolute atomic E-state index is 13.4. The quantitative estimate of drug-likeness (QED) is 0.340. The van der Waals surface area contributed by atoms with E-state index in [0.717, 1.165) is 11.8 Å². The molecule has 1 heterocycles. The lowest BCUT2D eigenvalue weighted by atomic mass is 9.98. The van der Waals surface area contributed by atoms with E-state index in [0.29, 0.717) is 24.1 Å². The highest BCUT2D eigenvalue weighted by molar-refractivity contribution is 6.42. The van der Waals surface area contributed by atoms with Gasteiger partial charge in [-0.15, -0.1) is 0 Å². The van der Waals surface area contributed by atoms with E-state index in [9.17, 15) is 35.9 Å². The molecule has 0 radical (unpaired) electrons. The number of benzene rings is 2. The fourth-order valence-corrected chi connectivity index (χ4v) is 4.63. The van der Waals surface area contributed by atoms with Gasteiger partial charge in [0.05, 0.1) is 39.0 Å². The zero-order valence-electron chi connectivity index (χ0n) is 20.5. The number of carbonyl (C=O) groups excluding carboxylic acids is 2. The normalized spacial score (nSPS) is 16.2. The minimum absolute atomic E-state index is 0.0303. The molecule has 0 bridgehead atoms. The van der Waals surface area contributed by atoms with Crippen LogP contribution in [0.25, 0.3) is 0 Å². The molecular formula is C25H24Cl2F6N2O3. The van der Waals surface area contributed by atoms with Crippen molar-refractivity contribution in [1.82, 2.24) is 4.90 Å². The minimum atomic E-state index is -5.03. The number of amides is 2. The number of anilines is 1. The Bertz CT molecular complexity index is 1180. The highest BCUT2D eigenvalue weighted by atomic mass is 35.5. The van der Waals surface area contributed by atoms with Gasteiger partial charge in [-0.25, -0.2) is 4.79 Å². The van der Waals surface area contributed by atoms with Crippen LogP contribution in [0.4, 0.5) is 36.8 Å². The second-order valence-electron chi connectivity index (χ2n) is 9.13. The van der Waals surface area contributed by atoms with Gasteiger partial charge in [0.2, 0.25) is 5.91 Å². The first-order chi connectivity index (χ1) is 17.5. The third-order valence-electron chi connectivity index (χ3n) is 5.92.